The second-order valence-corrected chi connectivity index (χ2v) is 6.22. The summed E-state index contributed by atoms with van der Waals surface area (Å²) in [5.74, 6) is 0. The highest BCUT2D eigenvalue weighted by Crippen LogP contribution is 2.29. The highest BCUT2D eigenvalue weighted by molar-refractivity contribution is 7.19. The number of nitrogens with zero attached hydrogens (tertiary/aromatic N) is 1. The summed E-state index contributed by atoms with van der Waals surface area (Å²) in [5, 5.41) is 13.8. The largest absolute Gasteiger partial charge is 0.305 e. The number of fused-ring (bicyclic) bond motifs is 1. The molecule has 104 valence electrons. The summed E-state index contributed by atoms with van der Waals surface area (Å²) in [4.78, 5) is 1.34. The van der Waals surface area contributed by atoms with Gasteiger partial charge in [-0.15, -0.1) is 11.3 Å². The van der Waals surface area contributed by atoms with Crippen LogP contribution in [0.3, 0.4) is 0 Å². The molecular formula is C18H16N2S. The fourth-order valence-corrected chi connectivity index (χ4v) is 3.43. The summed E-state index contributed by atoms with van der Waals surface area (Å²) < 4.78 is 1.33. The topological polar surface area (TPSA) is 35.8 Å². The zero-order chi connectivity index (χ0) is 14.7. The Bertz CT molecular complexity index is 765. The zero-order valence-electron chi connectivity index (χ0n) is 11.8. The molecule has 1 atom stereocenters. The van der Waals surface area contributed by atoms with Crippen molar-refractivity contribution >= 4 is 21.4 Å². The van der Waals surface area contributed by atoms with Gasteiger partial charge in [0.15, 0.2) is 0 Å². The van der Waals surface area contributed by atoms with E-state index in [1.54, 1.807) is 0 Å². The first-order valence-electron chi connectivity index (χ1n) is 6.97. The van der Waals surface area contributed by atoms with Crippen LogP contribution >= 0.6 is 11.3 Å². The molecule has 2 aromatic carbocycles. The molecule has 0 saturated heterocycles. The number of nitriles is 1. The maximum atomic E-state index is 8.93. The van der Waals surface area contributed by atoms with Gasteiger partial charge >= 0.3 is 0 Å². The smallest absolute Gasteiger partial charge is 0.0991 e. The molecule has 2 nitrogen and oxygen atoms in total. The van der Waals surface area contributed by atoms with Crippen LogP contribution in [0.15, 0.2) is 54.6 Å². The van der Waals surface area contributed by atoms with Gasteiger partial charge in [0.25, 0.3) is 0 Å². The van der Waals surface area contributed by atoms with E-state index in [2.05, 4.69) is 48.6 Å². The van der Waals surface area contributed by atoms with Crippen molar-refractivity contribution in [2.75, 3.05) is 0 Å². The molecule has 21 heavy (non-hydrogen) atoms. The highest BCUT2D eigenvalue weighted by Gasteiger charge is 2.09. The van der Waals surface area contributed by atoms with Crippen LogP contribution in [0.5, 0.6) is 0 Å². The average Bonchev–Trinajstić information content (AvgIpc) is 2.97. The van der Waals surface area contributed by atoms with Crippen molar-refractivity contribution < 1.29 is 0 Å². The first-order valence-corrected chi connectivity index (χ1v) is 7.79. The van der Waals surface area contributed by atoms with Gasteiger partial charge in [-0.25, -0.2) is 0 Å². The second kappa shape index (κ2) is 6.09. The fourth-order valence-electron chi connectivity index (χ4n) is 2.34. The maximum absolute atomic E-state index is 8.93. The predicted molar refractivity (Wildman–Crippen MR) is 88.2 cm³/mol. The van der Waals surface area contributed by atoms with E-state index in [1.165, 1.54) is 15.0 Å². The summed E-state index contributed by atoms with van der Waals surface area (Å²) in [6.07, 6.45) is 0. The molecule has 1 aromatic heterocycles. The Balaban J connectivity index is 1.71. The first-order chi connectivity index (χ1) is 10.3. The van der Waals surface area contributed by atoms with Crippen LogP contribution in [0.25, 0.3) is 10.1 Å². The lowest BCUT2D eigenvalue weighted by Crippen LogP contribution is -2.17. The third kappa shape index (κ3) is 3.13. The molecule has 0 fully saturated rings. The van der Waals surface area contributed by atoms with Crippen molar-refractivity contribution in [3.05, 3.63) is 70.6 Å². The van der Waals surface area contributed by atoms with Crippen LogP contribution in [0.2, 0.25) is 0 Å². The monoisotopic (exact) mass is 292 g/mol. The van der Waals surface area contributed by atoms with Crippen molar-refractivity contribution in [1.29, 1.82) is 5.26 Å². The molecule has 3 aromatic rings. The van der Waals surface area contributed by atoms with E-state index >= 15 is 0 Å². The molecule has 0 amide bonds. The van der Waals surface area contributed by atoms with Crippen molar-refractivity contribution in [2.45, 2.75) is 19.5 Å². The molecular weight excluding hydrogens is 276 g/mol. The van der Waals surface area contributed by atoms with Crippen LogP contribution in [0.4, 0.5) is 0 Å². The molecule has 1 heterocycles. The summed E-state index contributed by atoms with van der Waals surface area (Å²) in [7, 11) is 0. The van der Waals surface area contributed by atoms with Gasteiger partial charge in [0.2, 0.25) is 0 Å². The van der Waals surface area contributed by atoms with Gasteiger partial charge in [0.1, 0.15) is 0 Å². The van der Waals surface area contributed by atoms with E-state index < -0.39 is 0 Å². The number of thiophene rings is 1. The van der Waals surface area contributed by atoms with Gasteiger partial charge in [-0.2, -0.15) is 5.26 Å². The van der Waals surface area contributed by atoms with Crippen LogP contribution in [-0.4, -0.2) is 0 Å². The molecule has 0 aliphatic heterocycles. The lowest BCUT2D eigenvalue weighted by Gasteiger charge is -2.12. The lowest BCUT2D eigenvalue weighted by atomic mass is 10.1. The van der Waals surface area contributed by atoms with Crippen molar-refractivity contribution in [1.82, 2.24) is 5.32 Å². The van der Waals surface area contributed by atoms with E-state index in [9.17, 15) is 0 Å². The number of rotatable bonds is 4. The van der Waals surface area contributed by atoms with Gasteiger partial charge in [0, 0.05) is 22.2 Å². The molecule has 3 rings (SSSR count). The SMILES string of the molecule is CC(NCc1cccc(C#N)c1)c1cc2ccccc2s1. The molecule has 0 spiro atoms. The third-order valence-corrected chi connectivity index (χ3v) is 4.84. The van der Waals surface area contributed by atoms with Crippen LogP contribution in [-0.2, 0) is 6.54 Å². The fraction of sp³-hybridized carbons (Fsp3) is 0.167. The third-order valence-electron chi connectivity index (χ3n) is 3.54. The Kier molecular flexibility index (Phi) is 4.01. The Morgan fingerprint density at radius 1 is 1.14 bits per heavy atom. The maximum Gasteiger partial charge on any atom is 0.0991 e. The molecule has 1 N–H and O–H groups in total. The number of hydrogen-bond donors (Lipinski definition) is 1. The predicted octanol–water partition coefficient (Wildman–Crippen LogP) is 4.62. The van der Waals surface area contributed by atoms with E-state index in [4.69, 9.17) is 5.26 Å². The quantitative estimate of drug-likeness (QED) is 0.761. The molecule has 0 aliphatic carbocycles. The van der Waals surface area contributed by atoms with Gasteiger partial charge in [-0.3, -0.25) is 0 Å². The minimum atomic E-state index is 0.299. The van der Waals surface area contributed by atoms with Gasteiger partial charge in [-0.1, -0.05) is 30.3 Å². The molecule has 0 aliphatic rings. The Morgan fingerprint density at radius 2 is 2.00 bits per heavy atom. The van der Waals surface area contributed by atoms with Crippen molar-refractivity contribution in [2.24, 2.45) is 0 Å². The highest BCUT2D eigenvalue weighted by atomic mass is 32.1. The zero-order valence-corrected chi connectivity index (χ0v) is 12.7. The summed E-state index contributed by atoms with van der Waals surface area (Å²) in [6, 6.07) is 20.9. The lowest BCUT2D eigenvalue weighted by molar-refractivity contribution is 0.583. The second-order valence-electron chi connectivity index (χ2n) is 5.10. The van der Waals surface area contributed by atoms with E-state index in [-0.39, 0.29) is 0 Å². The summed E-state index contributed by atoms with van der Waals surface area (Å²) in [6.45, 7) is 2.95. The van der Waals surface area contributed by atoms with Crippen LogP contribution in [0.1, 0.15) is 29.0 Å². The van der Waals surface area contributed by atoms with Crippen LogP contribution < -0.4 is 5.32 Å². The Hall–Kier alpha value is -2.15. The van der Waals surface area contributed by atoms with Crippen LogP contribution in [0, 0.1) is 11.3 Å². The minimum Gasteiger partial charge on any atom is -0.305 e. The minimum absolute atomic E-state index is 0.299. The Labute approximate surface area is 128 Å². The van der Waals surface area contributed by atoms with Crippen molar-refractivity contribution in [3.8, 4) is 6.07 Å². The van der Waals surface area contributed by atoms with Gasteiger partial charge in [0.05, 0.1) is 11.6 Å². The number of nitrogens with one attached hydrogen (secondary N) is 1. The molecule has 1 unspecified atom stereocenters. The normalized spacial score (nSPS) is 12.2. The molecule has 0 bridgehead atoms. The van der Waals surface area contributed by atoms with Crippen molar-refractivity contribution in [3.63, 3.8) is 0 Å². The van der Waals surface area contributed by atoms with E-state index in [0.29, 0.717) is 11.6 Å². The standard InChI is InChI=1S/C18H16N2S/c1-13(18-10-16-7-2-3-8-17(16)21-18)20-12-15-6-4-5-14(9-15)11-19/h2-10,13,20H,12H2,1H3. The number of hydrogen-bond acceptors (Lipinski definition) is 3. The summed E-state index contributed by atoms with van der Waals surface area (Å²) >= 11 is 1.83. The molecule has 0 saturated carbocycles. The molecule has 0 radical (unpaired) electrons. The van der Waals surface area contributed by atoms with Gasteiger partial charge < -0.3 is 5.32 Å². The average molecular weight is 292 g/mol. The summed E-state index contributed by atoms with van der Waals surface area (Å²) in [5.41, 5.74) is 1.85. The molecule has 3 heteroatoms. The van der Waals surface area contributed by atoms with Gasteiger partial charge in [-0.05, 0) is 42.1 Å². The first kappa shape index (κ1) is 13.8. The number of benzene rings is 2. The van der Waals surface area contributed by atoms with E-state index in [0.717, 1.165) is 12.1 Å². The Morgan fingerprint density at radius 3 is 2.81 bits per heavy atom. The van der Waals surface area contributed by atoms with E-state index in [1.807, 2.05) is 35.6 Å².